The molecule has 1 aromatic rings. The van der Waals surface area contributed by atoms with E-state index in [1.54, 1.807) is 0 Å². The highest BCUT2D eigenvalue weighted by atomic mass is 16.6. The molecule has 3 aliphatic rings. The van der Waals surface area contributed by atoms with Crippen LogP contribution in [0.3, 0.4) is 0 Å². The average molecular weight is 399 g/mol. The molecule has 8 nitrogen and oxygen atoms in total. The first-order chi connectivity index (χ1) is 14.0. The molecule has 1 heterocycles. The summed E-state index contributed by atoms with van der Waals surface area (Å²) < 4.78 is 0. The van der Waals surface area contributed by atoms with Gasteiger partial charge in [0.1, 0.15) is 0 Å². The Bertz CT molecular complexity index is 805. The molecule has 1 saturated carbocycles. The molecule has 1 aliphatic heterocycles. The topological polar surface area (TPSA) is 132 Å². The number of hydrogen-bond acceptors (Lipinski definition) is 5. The molecule has 0 radical (unpaired) electrons. The Kier molecular flexibility index (Phi) is 5.56. The van der Waals surface area contributed by atoms with E-state index < -0.39 is 10.6 Å². The minimum atomic E-state index is -1.22. The standard InChI is InChI=1S/C21H30N6O2/c22-12-15-7-5-14(6-8-15)11-21(23)19(27(28)29)13-24-20(26-21)25-18-9-16-3-1-2-4-17(16)10-18/h1-4,13-15,18H,5-12,22-23H2,(H2,24,25,26). The van der Waals surface area contributed by atoms with Gasteiger partial charge in [-0.3, -0.25) is 15.8 Å². The third-order valence-electron chi connectivity index (χ3n) is 6.59. The van der Waals surface area contributed by atoms with Crippen molar-refractivity contribution in [3.05, 3.63) is 57.4 Å². The first-order valence-electron chi connectivity index (χ1n) is 10.5. The molecular formula is C21H30N6O2. The van der Waals surface area contributed by atoms with E-state index in [-0.39, 0.29) is 11.7 Å². The molecule has 2 aliphatic carbocycles. The number of nitrogens with zero attached hydrogens (tertiary/aromatic N) is 2. The zero-order valence-electron chi connectivity index (χ0n) is 16.6. The summed E-state index contributed by atoms with van der Waals surface area (Å²) in [7, 11) is 0. The van der Waals surface area contributed by atoms with Crippen LogP contribution in [0.25, 0.3) is 0 Å². The van der Waals surface area contributed by atoms with Crippen molar-refractivity contribution in [1.82, 2.24) is 10.6 Å². The lowest BCUT2D eigenvalue weighted by atomic mass is 9.77. The van der Waals surface area contributed by atoms with Crippen molar-refractivity contribution in [2.75, 3.05) is 6.54 Å². The zero-order chi connectivity index (χ0) is 20.4. The maximum atomic E-state index is 11.6. The summed E-state index contributed by atoms with van der Waals surface area (Å²) in [5.74, 6) is 1.42. The molecular weight excluding hydrogens is 368 g/mol. The van der Waals surface area contributed by atoms with Gasteiger partial charge in [-0.15, -0.1) is 0 Å². The first kappa shape index (κ1) is 19.8. The molecule has 8 heteroatoms. The predicted molar refractivity (Wildman–Crippen MR) is 112 cm³/mol. The highest BCUT2D eigenvalue weighted by molar-refractivity contribution is 5.83. The highest BCUT2D eigenvalue weighted by Gasteiger charge is 2.44. The van der Waals surface area contributed by atoms with Crippen LogP contribution < -0.4 is 22.1 Å². The number of nitro groups is 1. The van der Waals surface area contributed by atoms with Crippen molar-refractivity contribution in [2.45, 2.75) is 56.7 Å². The van der Waals surface area contributed by atoms with Crippen LogP contribution in [0.4, 0.5) is 0 Å². The number of fused-ring (bicyclic) bond motifs is 1. The zero-order valence-corrected chi connectivity index (χ0v) is 16.6. The molecule has 1 fully saturated rings. The highest BCUT2D eigenvalue weighted by Crippen LogP contribution is 2.34. The van der Waals surface area contributed by atoms with E-state index in [9.17, 15) is 10.1 Å². The summed E-state index contributed by atoms with van der Waals surface area (Å²) in [4.78, 5) is 16.0. The Morgan fingerprint density at radius 1 is 1.14 bits per heavy atom. The van der Waals surface area contributed by atoms with Gasteiger partial charge in [-0.05, 0) is 74.5 Å². The molecule has 6 N–H and O–H groups in total. The largest absolute Gasteiger partial charge is 0.330 e. The quantitative estimate of drug-likeness (QED) is 0.440. The monoisotopic (exact) mass is 398 g/mol. The van der Waals surface area contributed by atoms with Gasteiger partial charge in [-0.2, -0.15) is 0 Å². The van der Waals surface area contributed by atoms with E-state index in [1.165, 1.54) is 17.3 Å². The minimum Gasteiger partial charge on any atom is -0.330 e. The Hall–Kier alpha value is -2.45. The SMILES string of the molecule is NCC1CCC(CC2(N)NC(=NC3Cc4ccccc4C3)NC=C2[N+](=O)[O-])CC1. The van der Waals surface area contributed by atoms with Gasteiger partial charge >= 0.3 is 5.70 Å². The van der Waals surface area contributed by atoms with E-state index in [0.717, 1.165) is 38.5 Å². The Labute approximate surface area is 171 Å². The molecule has 0 aromatic heterocycles. The first-order valence-corrected chi connectivity index (χ1v) is 10.5. The average Bonchev–Trinajstić information content (AvgIpc) is 3.10. The van der Waals surface area contributed by atoms with Crippen LogP contribution >= 0.6 is 0 Å². The van der Waals surface area contributed by atoms with Crippen LogP contribution in [0, 0.1) is 22.0 Å². The minimum absolute atomic E-state index is 0.0351. The second kappa shape index (κ2) is 8.12. The molecule has 0 amide bonds. The van der Waals surface area contributed by atoms with Gasteiger partial charge in [0.15, 0.2) is 11.6 Å². The number of benzene rings is 1. The molecule has 0 bridgehead atoms. The van der Waals surface area contributed by atoms with E-state index in [2.05, 4.69) is 22.8 Å². The Morgan fingerprint density at radius 3 is 2.34 bits per heavy atom. The van der Waals surface area contributed by atoms with E-state index in [4.69, 9.17) is 16.5 Å². The molecule has 156 valence electrons. The van der Waals surface area contributed by atoms with Gasteiger partial charge in [-0.25, -0.2) is 4.99 Å². The van der Waals surface area contributed by atoms with Crippen molar-refractivity contribution in [3.63, 3.8) is 0 Å². The molecule has 1 atom stereocenters. The summed E-state index contributed by atoms with van der Waals surface area (Å²) in [6, 6.07) is 8.46. The fraction of sp³-hybridized carbons (Fsp3) is 0.571. The maximum Gasteiger partial charge on any atom is 0.301 e. The second-order valence-electron chi connectivity index (χ2n) is 8.66. The van der Waals surface area contributed by atoms with Gasteiger partial charge in [0.05, 0.1) is 17.2 Å². The van der Waals surface area contributed by atoms with Gasteiger partial charge in [-0.1, -0.05) is 24.3 Å². The summed E-state index contributed by atoms with van der Waals surface area (Å²) in [6.07, 6.45) is 7.80. The lowest BCUT2D eigenvalue weighted by Gasteiger charge is -2.37. The third kappa shape index (κ3) is 4.28. The number of guanidine groups is 1. The van der Waals surface area contributed by atoms with Gasteiger partial charge < -0.3 is 16.4 Å². The number of aliphatic imine (C=N–C) groups is 1. The number of nitrogens with two attached hydrogens (primary N) is 2. The van der Waals surface area contributed by atoms with Gasteiger partial charge in [0.25, 0.3) is 0 Å². The van der Waals surface area contributed by atoms with Crippen molar-refractivity contribution in [2.24, 2.45) is 28.3 Å². The number of rotatable bonds is 5. The maximum absolute atomic E-state index is 11.6. The van der Waals surface area contributed by atoms with Crippen LogP contribution in [0.15, 0.2) is 41.2 Å². The third-order valence-corrected chi connectivity index (χ3v) is 6.59. The van der Waals surface area contributed by atoms with Crippen LogP contribution in [0.1, 0.15) is 43.2 Å². The number of nitrogens with one attached hydrogen (secondary N) is 2. The fourth-order valence-electron chi connectivity index (χ4n) is 4.95. The molecule has 0 spiro atoms. The Balaban J connectivity index is 1.48. The summed E-state index contributed by atoms with van der Waals surface area (Å²) in [5.41, 5.74) is 13.7. The van der Waals surface area contributed by atoms with Gasteiger partial charge in [0, 0.05) is 0 Å². The van der Waals surface area contributed by atoms with Crippen LogP contribution in [0.5, 0.6) is 0 Å². The van der Waals surface area contributed by atoms with Crippen molar-refractivity contribution in [1.29, 1.82) is 0 Å². The Morgan fingerprint density at radius 2 is 1.76 bits per heavy atom. The lowest BCUT2D eigenvalue weighted by Crippen LogP contribution is -2.64. The summed E-state index contributed by atoms with van der Waals surface area (Å²) in [6.45, 7) is 0.712. The fourth-order valence-corrected chi connectivity index (χ4v) is 4.95. The van der Waals surface area contributed by atoms with E-state index in [1.807, 2.05) is 12.1 Å². The molecule has 29 heavy (non-hydrogen) atoms. The summed E-state index contributed by atoms with van der Waals surface area (Å²) >= 11 is 0. The predicted octanol–water partition coefficient (Wildman–Crippen LogP) is 1.63. The molecule has 4 rings (SSSR count). The molecule has 1 unspecified atom stereocenters. The second-order valence-corrected chi connectivity index (χ2v) is 8.66. The van der Waals surface area contributed by atoms with E-state index >= 15 is 0 Å². The van der Waals surface area contributed by atoms with Crippen LogP contribution in [0.2, 0.25) is 0 Å². The molecule has 1 aromatic carbocycles. The van der Waals surface area contributed by atoms with Crippen LogP contribution in [-0.2, 0) is 12.8 Å². The number of hydrogen-bond donors (Lipinski definition) is 4. The lowest BCUT2D eigenvalue weighted by molar-refractivity contribution is -0.437. The molecule has 0 saturated heterocycles. The van der Waals surface area contributed by atoms with Crippen molar-refractivity contribution >= 4 is 5.96 Å². The van der Waals surface area contributed by atoms with Crippen molar-refractivity contribution in [3.8, 4) is 0 Å². The van der Waals surface area contributed by atoms with Crippen molar-refractivity contribution < 1.29 is 4.92 Å². The van der Waals surface area contributed by atoms with Crippen LogP contribution in [-0.4, -0.2) is 29.1 Å². The summed E-state index contributed by atoms with van der Waals surface area (Å²) in [5, 5.41) is 17.8. The van der Waals surface area contributed by atoms with Gasteiger partial charge in [0.2, 0.25) is 0 Å². The smallest absolute Gasteiger partial charge is 0.301 e. The normalized spacial score (nSPS) is 31.0. The van der Waals surface area contributed by atoms with E-state index in [0.29, 0.717) is 30.8 Å².